The molecule has 26 heavy (non-hydrogen) atoms. The van der Waals surface area contributed by atoms with Crippen LogP contribution < -0.4 is 5.32 Å². The number of morpholine rings is 1. The number of amides is 1. The summed E-state index contributed by atoms with van der Waals surface area (Å²) >= 11 is 0. The molecule has 2 aliphatic rings. The van der Waals surface area contributed by atoms with E-state index in [0.717, 1.165) is 35.2 Å². The van der Waals surface area contributed by atoms with Crippen molar-refractivity contribution in [3.05, 3.63) is 43.0 Å². The maximum atomic E-state index is 12.3. The molecule has 2 atom stereocenters. The van der Waals surface area contributed by atoms with Crippen LogP contribution in [-0.2, 0) is 16.6 Å². The smallest absolute Gasteiger partial charge is 0.239 e. The first-order valence-electron chi connectivity index (χ1n) is 8.69. The first kappa shape index (κ1) is 15.5. The number of rotatable bonds is 4. The van der Waals surface area contributed by atoms with E-state index < -0.39 is 0 Å². The lowest BCUT2D eigenvalue weighted by Crippen LogP contribution is -2.71. The summed E-state index contributed by atoms with van der Waals surface area (Å²) in [6, 6.07) is 8.52. The van der Waals surface area contributed by atoms with Crippen LogP contribution in [0.4, 0.5) is 5.82 Å². The lowest BCUT2D eigenvalue weighted by molar-refractivity contribution is -0.212. The van der Waals surface area contributed by atoms with Crippen molar-refractivity contribution in [1.29, 1.82) is 0 Å². The van der Waals surface area contributed by atoms with Crippen LogP contribution in [0.5, 0.6) is 0 Å². The number of carbonyl (C=O) groups excluding carboxylic acids is 1. The highest BCUT2D eigenvalue weighted by Gasteiger charge is 2.47. The van der Waals surface area contributed by atoms with E-state index in [1.54, 1.807) is 12.5 Å². The average molecular weight is 349 g/mol. The molecular weight excluding hydrogens is 330 g/mol. The fraction of sp³-hybridized carbons (Fsp3) is 0.316. The van der Waals surface area contributed by atoms with Gasteiger partial charge in [0.05, 0.1) is 43.5 Å². The highest BCUT2D eigenvalue weighted by Crippen LogP contribution is 2.29. The number of fused-ring (bicyclic) bond motifs is 2. The molecule has 7 heteroatoms. The van der Waals surface area contributed by atoms with Gasteiger partial charge in [-0.1, -0.05) is 12.1 Å². The minimum Gasteiger partial charge on any atom is -0.373 e. The number of anilines is 1. The van der Waals surface area contributed by atoms with Crippen molar-refractivity contribution in [3.63, 3.8) is 0 Å². The van der Waals surface area contributed by atoms with E-state index in [1.165, 1.54) is 0 Å². The fourth-order valence-corrected chi connectivity index (χ4v) is 3.61. The van der Waals surface area contributed by atoms with Gasteiger partial charge in [0.1, 0.15) is 5.82 Å². The summed E-state index contributed by atoms with van der Waals surface area (Å²) in [6.07, 6.45) is 5.75. The zero-order chi connectivity index (χ0) is 17.7. The molecule has 1 unspecified atom stereocenters. The molecule has 1 amide bonds. The first-order chi connectivity index (χ1) is 12.7. The number of likely N-dealkylation sites (tertiary alicyclic amines) is 1. The van der Waals surface area contributed by atoms with E-state index in [-0.39, 0.29) is 5.91 Å². The molecule has 0 radical (unpaired) electrons. The SMILES string of the molecule is Cn1cncc1-c1ccc2cnc(NC(=O)CN3CC4OC[C@@H]43)cc2c1. The second-order valence-corrected chi connectivity index (χ2v) is 6.94. The van der Waals surface area contributed by atoms with Crippen LogP contribution in [0, 0.1) is 0 Å². The van der Waals surface area contributed by atoms with Crippen molar-refractivity contribution in [2.45, 2.75) is 12.1 Å². The van der Waals surface area contributed by atoms with Crippen molar-refractivity contribution in [3.8, 4) is 11.3 Å². The Bertz CT molecular complexity index is 999. The molecule has 0 saturated carbocycles. The predicted molar refractivity (Wildman–Crippen MR) is 97.7 cm³/mol. The molecule has 2 aliphatic heterocycles. The quantitative estimate of drug-likeness (QED) is 0.776. The fourth-order valence-electron chi connectivity index (χ4n) is 3.61. The van der Waals surface area contributed by atoms with Crippen LogP contribution in [0.3, 0.4) is 0 Å². The van der Waals surface area contributed by atoms with Crippen LogP contribution in [0.15, 0.2) is 43.0 Å². The Labute approximate surface area is 150 Å². The number of aromatic nitrogens is 3. The Morgan fingerprint density at radius 3 is 2.92 bits per heavy atom. The minimum absolute atomic E-state index is 0.0370. The number of benzene rings is 1. The van der Waals surface area contributed by atoms with Gasteiger partial charge in [-0.15, -0.1) is 0 Å². The molecule has 0 bridgehead atoms. The summed E-state index contributed by atoms with van der Waals surface area (Å²) in [6.45, 7) is 1.97. The highest BCUT2D eigenvalue weighted by atomic mass is 16.5. The van der Waals surface area contributed by atoms with Crippen molar-refractivity contribution in [1.82, 2.24) is 19.4 Å². The van der Waals surface area contributed by atoms with Gasteiger partial charge in [0.25, 0.3) is 0 Å². The van der Waals surface area contributed by atoms with Crippen LogP contribution in [0.1, 0.15) is 0 Å². The van der Waals surface area contributed by atoms with E-state index in [1.807, 2.05) is 29.9 Å². The summed E-state index contributed by atoms with van der Waals surface area (Å²) in [5.74, 6) is 0.538. The van der Waals surface area contributed by atoms with Crippen LogP contribution in [0.2, 0.25) is 0 Å². The van der Waals surface area contributed by atoms with Gasteiger partial charge in [0, 0.05) is 30.7 Å². The number of nitrogens with one attached hydrogen (secondary N) is 1. The van der Waals surface area contributed by atoms with Crippen molar-refractivity contribution in [2.24, 2.45) is 7.05 Å². The van der Waals surface area contributed by atoms with E-state index in [4.69, 9.17) is 4.74 Å². The number of imidazole rings is 1. The zero-order valence-electron chi connectivity index (χ0n) is 14.4. The first-order valence-corrected chi connectivity index (χ1v) is 8.69. The monoisotopic (exact) mass is 349 g/mol. The molecule has 0 aliphatic carbocycles. The van der Waals surface area contributed by atoms with E-state index in [0.29, 0.717) is 24.5 Å². The number of hydrogen-bond acceptors (Lipinski definition) is 5. The molecule has 3 aromatic rings. The van der Waals surface area contributed by atoms with E-state index in [2.05, 4.69) is 32.3 Å². The normalized spacial score (nSPS) is 21.7. The summed E-state index contributed by atoms with van der Waals surface area (Å²) < 4.78 is 7.35. The Balaban J connectivity index is 1.35. The summed E-state index contributed by atoms with van der Waals surface area (Å²) in [7, 11) is 1.97. The molecule has 7 nitrogen and oxygen atoms in total. The average Bonchev–Trinajstić information content (AvgIpc) is 3.04. The van der Waals surface area contributed by atoms with Gasteiger partial charge < -0.3 is 14.6 Å². The molecular formula is C19H19N5O2. The molecule has 2 aromatic heterocycles. The Hall–Kier alpha value is -2.77. The zero-order valence-corrected chi connectivity index (χ0v) is 14.4. The van der Waals surface area contributed by atoms with Crippen molar-refractivity contribution in [2.75, 3.05) is 25.0 Å². The summed E-state index contributed by atoms with van der Waals surface area (Å²) in [5.41, 5.74) is 2.13. The van der Waals surface area contributed by atoms with Gasteiger partial charge in [0.2, 0.25) is 5.91 Å². The van der Waals surface area contributed by atoms with Crippen LogP contribution in [0.25, 0.3) is 22.0 Å². The second-order valence-electron chi connectivity index (χ2n) is 6.94. The largest absolute Gasteiger partial charge is 0.373 e. The van der Waals surface area contributed by atoms with Crippen LogP contribution in [-0.4, -0.2) is 57.2 Å². The molecule has 2 saturated heterocycles. The number of pyridine rings is 1. The van der Waals surface area contributed by atoms with E-state index in [9.17, 15) is 4.79 Å². The summed E-state index contributed by atoms with van der Waals surface area (Å²) in [4.78, 5) is 23.0. The van der Waals surface area contributed by atoms with Gasteiger partial charge in [-0.25, -0.2) is 9.97 Å². The Morgan fingerprint density at radius 2 is 2.23 bits per heavy atom. The van der Waals surface area contributed by atoms with E-state index >= 15 is 0 Å². The number of aryl methyl sites for hydroxylation is 1. The second kappa shape index (κ2) is 5.89. The number of ether oxygens (including phenoxy) is 1. The number of hydrogen-bond donors (Lipinski definition) is 1. The third-order valence-electron chi connectivity index (χ3n) is 5.24. The third kappa shape index (κ3) is 2.56. The molecule has 1 N–H and O–H groups in total. The van der Waals surface area contributed by atoms with Gasteiger partial charge in [-0.2, -0.15) is 0 Å². The summed E-state index contributed by atoms with van der Waals surface area (Å²) in [5, 5.41) is 4.97. The molecule has 132 valence electrons. The van der Waals surface area contributed by atoms with Gasteiger partial charge in [-0.05, 0) is 17.5 Å². The molecule has 0 spiro atoms. The van der Waals surface area contributed by atoms with Gasteiger partial charge in [0.15, 0.2) is 0 Å². The van der Waals surface area contributed by atoms with Crippen LogP contribution >= 0.6 is 0 Å². The Morgan fingerprint density at radius 1 is 1.31 bits per heavy atom. The Kier molecular flexibility index (Phi) is 3.51. The molecule has 5 rings (SSSR count). The lowest BCUT2D eigenvalue weighted by Gasteiger charge is -2.54. The molecule has 4 heterocycles. The third-order valence-corrected chi connectivity index (χ3v) is 5.24. The topological polar surface area (TPSA) is 72.3 Å². The molecule has 1 aromatic carbocycles. The van der Waals surface area contributed by atoms with Crippen molar-refractivity contribution >= 4 is 22.5 Å². The predicted octanol–water partition coefficient (Wildman–Crippen LogP) is 1.66. The van der Waals surface area contributed by atoms with Crippen molar-refractivity contribution < 1.29 is 9.53 Å². The van der Waals surface area contributed by atoms with Gasteiger partial charge >= 0.3 is 0 Å². The maximum absolute atomic E-state index is 12.3. The maximum Gasteiger partial charge on any atom is 0.239 e. The standard InChI is InChI=1S/C19H19N5O2/c1-23-11-20-7-15(23)12-2-3-13-6-21-18(5-14(13)4-12)22-19(25)9-24-8-17-16(24)10-26-17/h2-7,11,16-17H,8-10H2,1H3,(H,21,22,25)/t16-,17?/m0/s1. The highest BCUT2D eigenvalue weighted by molar-refractivity contribution is 5.94. The van der Waals surface area contributed by atoms with Gasteiger partial charge in [-0.3, -0.25) is 9.69 Å². The number of carbonyl (C=O) groups is 1. The minimum atomic E-state index is -0.0370. The lowest BCUT2D eigenvalue weighted by atomic mass is 9.95. The molecule has 2 fully saturated rings. The number of nitrogens with zero attached hydrogens (tertiary/aromatic N) is 4.